The molecule has 0 bridgehead atoms. The number of nitrogens with zero attached hydrogens (tertiary/aromatic N) is 3. The number of aryl methyl sites for hydroxylation is 2. The van der Waals surface area contributed by atoms with Crippen LogP contribution in [0.4, 0.5) is 10.8 Å². The van der Waals surface area contributed by atoms with Crippen molar-refractivity contribution in [3.63, 3.8) is 0 Å². The number of hydrogen-bond acceptors (Lipinski definition) is 6. The number of halogens is 1. The van der Waals surface area contributed by atoms with Crippen molar-refractivity contribution in [2.24, 2.45) is 0 Å². The van der Waals surface area contributed by atoms with Crippen LogP contribution in [-0.4, -0.2) is 34.2 Å². The summed E-state index contributed by atoms with van der Waals surface area (Å²) in [7, 11) is 0. The first kappa shape index (κ1) is 23.2. The van der Waals surface area contributed by atoms with Gasteiger partial charge in [0.2, 0.25) is 11.0 Å². The molecule has 1 N–H and O–H groups in total. The van der Waals surface area contributed by atoms with E-state index >= 15 is 0 Å². The Morgan fingerprint density at radius 1 is 1.15 bits per heavy atom. The Morgan fingerprint density at radius 3 is 2.58 bits per heavy atom. The SMILES string of the molecule is Cc1ccc(N2CC(c3nnc(NC(=O)C(C)(C)Oc4ccc(Cl)cc4)s3)CC2=O)cc1C. The summed E-state index contributed by atoms with van der Waals surface area (Å²) in [5.74, 6) is 0.176. The van der Waals surface area contributed by atoms with Crippen LogP contribution in [0.5, 0.6) is 5.75 Å². The molecule has 172 valence electrons. The molecular weight excluding hydrogens is 460 g/mol. The van der Waals surface area contributed by atoms with Gasteiger partial charge in [0.05, 0.1) is 0 Å². The molecule has 1 aliphatic rings. The Morgan fingerprint density at radius 2 is 1.88 bits per heavy atom. The van der Waals surface area contributed by atoms with Gasteiger partial charge in [-0.3, -0.25) is 14.9 Å². The van der Waals surface area contributed by atoms with Gasteiger partial charge in [-0.05, 0) is 75.2 Å². The van der Waals surface area contributed by atoms with Crippen molar-refractivity contribution in [1.82, 2.24) is 10.2 Å². The topological polar surface area (TPSA) is 84.4 Å². The molecule has 1 atom stereocenters. The third-order valence-electron chi connectivity index (χ3n) is 5.67. The molecule has 1 saturated heterocycles. The third kappa shape index (κ3) is 5.17. The molecule has 2 aromatic carbocycles. The molecule has 1 unspecified atom stereocenters. The van der Waals surface area contributed by atoms with Crippen LogP contribution in [0.3, 0.4) is 0 Å². The lowest BCUT2D eigenvalue weighted by Gasteiger charge is -2.24. The molecule has 0 spiro atoms. The van der Waals surface area contributed by atoms with Gasteiger partial charge in [-0.15, -0.1) is 10.2 Å². The first-order chi connectivity index (χ1) is 15.6. The van der Waals surface area contributed by atoms with Crippen LogP contribution >= 0.6 is 22.9 Å². The molecule has 7 nitrogen and oxygen atoms in total. The number of anilines is 2. The predicted molar refractivity (Wildman–Crippen MR) is 130 cm³/mol. The number of carbonyl (C=O) groups excluding carboxylic acids is 2. The van der Waals surface area contributed by atoms with E-state index < -0.39 is 5.60 Å². The number of amides is 2. The van der Waals surface area contributed by atoms with Crippen molar-refractivity contribution in [2.75, 3.05) is 16.8 Å². The molecule has 3 aromatic rings. The third-order valence-corrected chi connectivity index (χ3v) is 6.92. The predicted octanol–water partition coefficient (Wildman–Crippen LogP) is 5.12. The molecular formula is C24H25ClN4O3S. The molecule has 2 heterocycles. The van der Waals surface area contributed by atoms with Gasteiger partial charge in [0.1, 0.15) is 10.8 Å². The van der Waals surface area contributed by atoms with Gasteiger partial charge < -0.3 is 9.64 Å². The molecule has 4 rings (SSSR count). The molecule has 0 saturated carbocycles. The van der Waals surface area contributed by atoms with Gasteiger partial charge in [-0.1, -0.05) is 29.0 Å². The average Bonchev–Trinajstić information content (AvgIpc) is 3.38. The van der Waals surface area contributed by atoms with Crippen molar-refractivity contribution in [2.45, 2.75) is 45.6 Å². The standard InChI is InChI=1S/C24H25ClN4O3S/c1-14-5-8-18(11-15(14)2)29-13-16(12-20(29)30)21-27-28-23(33-21)26-22(31)24(3,4)32-19-9-6-17(25)7-10-19/h5-11,16H,12-13H2,1-4H3,(H,26,28,31). The van der Waals surface area contributed by atoms with Crippen molar-refractivity contribution in [3.05, 3.63) is 63.6 Å². The van der Waals surface area contributed by atoms with E-state index in [1.54, 1.807) is 43.0 Å². The van der Waals surface area contributed by atoms with Gasteiger partial charge in [0, 0.05) is 29.6 Å². The Balaban J connectivity index is 1.41. The fourth-order valence-corrected chi connectivity index (χ4v) is 4.51. The van der Waals surface area contributed by atoms with Crippen LogP contribution < -0.4 is 15.0 Å². The number of hydrogen-bond donors (Lipinski definition) is 1. The van der Waals surface area contributed by atoms with Gasteiger partial charge in [0.15, 0.2) is 5.60 Å². The van der Waals surface area contributed by atoms with Gasteiger partial charge >= 0.3 is 0 Å². The second kappa shape index (κ2) is 9.11. The second-order valence-corrected chi connectivity index (χ2v) is 10.1. The first-order valence-electron chi connectivity index (χ1n) is 10.6. The molecule has 33 heavy (non-hydrogen) atoms. The molecule has 0 radical (unpaired) electrons. The van der Waals surface area contributed by atoms with Crippen LogP contribution in [-0.2, 0) is 9.59 Å². The van der Waals surface area contributed by atoms with Crippen LogP contribution in [0.1, 0.15) is 42.3 Å². The van der Waals surface area contributed by atoms with Crippen molar-refractivity contribution in [3.8, 4) is 5.75 Å². The summed E-state index contributed by atoms with van der Waals surface area (Å²) in [5.41, 5.74) is 2.09. The molecule has 9 heteroatoms. The Bertz CT molecular complexity index is 1190. The second-order valence-electron chi connectivity index (χ2n) is 8.64. The van der Waals surface area contributed by atoms with Crippen LogP contribution in [0.15, 0.2) is 42.5 Å². The Kier molecular flexibility index (Phi) is 6.41. The van der Waals surface area contributed by atoms with E-state index in [0.29, 0.717) is 28.9 Å². The molecule has 1 aromatic heterocycles. The molecule has 0 aliphatic carbocycles. The van der Waals surface area contributed by atoms with E-state index in [4.69, 9.17) is 16.3 Å². The average molecular weight is 485 g/mol. The van der Waals surface area contributed by atoms with E-state index in [1.165, 1.54) is 16.9 Å². The van der Waals surface area contributed by atoms with E-state index in [2.05, 4.69) is 15.5 Å². The van der Waals surface area contributed by atoms with Crippen molar-refractivity contribution in [1.29, 1.82) is 0 Å². The van der Waals surface area contributed by atoms with Gasteiger partial charge in [-0.2, -0.15) is 0 Å². The van der Waals surface area contributed by atoms with Gasteiger partial charge in [0.25, 0.3) is 5.91 Å². The van der Waals surface area contributed by atoms with Gasteiger partial charge in [-0.25, -0.2) is 0 Å². The minimum Gasteiger partial charge on any atom is -0.478 e. The lowest BCUT2D eigenvalue weighted by Crippen LogP contribution is -2.42. The molecule has 1 fully saturated rings. The van der Waals surface area contributed by atoms with Crippen molar-refractivity contribution >= 4 is 45.6 Å². The van der Waals surface area contributed by atoms with Crippen LogP contribution in [0.2, 0.25) is 5.02 Å². The van der Waals surface area contributed by atoms with Crippen LogP contribution in [0, 0.1) is 13.8 Å². The number of rotatable bonds is 6. The summed E-state index contributed by atoms with van der Waals surface area (Å²) < 4.78 is 5.83. The molecule has 2 amide bonds. The minimum absolute atomic E-state index is 0.0570. The Hall–Kier alpha value is -2.97. The summed E-state index contributed by atoms with van der Waals surface area (Å²) in [6.45, 7) is 7.97. The monoisotopic (exact) mass is 484 g/mol. The summed E-state index contributed by atoms with van der Waals surface area (Å²) in [5, 5.41) is 12.8. The Labute approximate surface area is 201 Å². The maximum atomic E-state index is 12.8. The summed E-state index contributed by atoms with van der Waals surface area (Å²) >= 11 is 7.18. The fourth-order valence-electron chi connectivity index (χ4n) is 3.56. The number of benzene rings is 2. The van der Waals surface area contributed by atoms with E-state index in [1.807, 2.05) is 32.0 Å². The lowest BCUT2D eigenvalue weighted by atomic mass is 10.1. The fraction of sp³-hybridized carbons (Fsp3) is 0.333. The summed E-state index contributed by atoms with van der Waals surface area (Å²) in [6.07, 6.45) is 0.362. The quantitative estimate of drug-likeness (QED) is 0.524. The number of nitrogens with one attached hydrogen (secondary N) is 1. The highest BCUT2D eigenvalue weighted by molar-refractivity contribution is 7.15. The van der Waals surface area contributed by atoms with Crippen molar-refractivity contribution < 1.29 is 14.3 Å². The highest BCUT2D eigenvalue weighted by Gasteiger charge is 2.35. The largest absolute Gasteiger partial charge is 0.478 e. The zero-order chi connectivity index (χ0) is 23.8. The molecule has 1 aliphatic heterocycles. The lowest BCUT2D eigenvalue weighted by molar-refractivity contribution is -0.128. The van der Waals surface area contributed by atoms with E-state index in [9.17, 15) is 9.59 Å². The zero-order valence-corrected chi connectivity index (χ0v) is 20.5. The van der Waals surface area contributed by atoms with E-state index in [-0.39, 0.29) is 17.7 Å². The zero-order valence-electron chi connectivity index (χ0n) is 18.9. The first-order valence-corrected chi connectivity index (χ1v) is 11.8. The maximum Gasteiger partial charge on any atom is 0.269 e. The number of ether oxygens (including phenoxy) is 1. The van der Waals surface area contributed by atoms with Crippen LogP contribution in [0.25, 0.3) is 0 Å². The smallest absolute Gasteiger partial charge is 0.269 e. The highest BCUT2D eigenvalue weighted by Crippen LogP contribution is 2.35. The minimum atomic E-state index is -1.14. The summed E-state index contributed by atoms with van der Waals surface area (Å²) in [6, 6.07) is 12.8. The normalized spacial score (nSPS) is 16.2. The maximum absolute atomic E-state index is 12.8. The number of aromatic nitrogens is 2. The highest BCUT2D eigenvalue weighted by atomic mass is 35.5. The number of carbonyl (C=O) groups is 2. The summed E-state index contributed by atoms with van der Waals surface area (Å²) in [4.78, 5) is 27.2. The van der Waals surface area contributed by atoms with E-state index in [0.717, 1.165) is 16.3 Å².